The number of hydrogen-bond acceptors (Lipinski definition) is 3. The molecule has 4 heteroatoms. The van der Waals surface area contributed by atoms with Gasteiger partial charge >= 0.3 is 0 Å². The molecule has 3 rings (SSSR count). The van der Waals surface area contributed by atoms with Crippen molar-refractivity contribution in [2.45, 2.75) is 18.6 Å². The molecule has 1 aliphatic rings. The summed E-state index contributed by atoms with van der Waals surface area (Å²) in [6.07, 6.45) is 0.316. The Balaban J connectivity index is 1.64. The molecule has 0 bridgehead atoms. The lowest BCUT2D eigenvalue weighted by molar-refractivity contribution is -0.134. The zero-order chi connectivity index (χ0) is 15.4. The van der Waals surface area contributed by atoms with Crippen LogP contribution in [0.2, 0.25) is 0 Å². The number of carbonyl (C=O) groups is 1. The maximum atomic E-state index is 12.4. The number of hydrogen-bond donors (Lipinski definition) is 2. The van der Waals surface area contributed by atoms with Crippen LogP contribution in [0.25, 0.3) is 0 Å². The first-order chi connectivity index (χ1) is 10.8. The Bertz CT molecular complexity index is 643. The van der Waals surface area contributed by atoms with E-state index in [-0.39, 0.29) is 11.9 Å². The molecule has 3 N–H and O–H groups in total. The first-order valence-electron chi connectivity index (χ1n) is 7.53. The van der Waals surface area contributed by atoms with Crippen molar-refractivity contribution in [2.24, 2.45) is 5.73 Å². The molecule has 1 heterocycles. The summed E-state index contributed by atoms with van der Waals surface area (Å²) in [4.78, 5) is 12.4. The fourth-order valence-corrected chi connectivity index (χ4v) is 2.73. The fraction of sp³-hybridized carbons (Fsp3) is 0.278. The Morgan fingerprint density at radius 3 is 2.73 bits per heavy atom. The lowest BCUT2D eigenvalue weighted by atomic mass is 9.97. The van der Waals surface area contributed by atoms with Gasteiger partial charge in [-0.15, -0.1) is 0 Å². The lowest BCUT2D eigenvalue weighted by Crippen LogP contribution is -2.37. The van der Waals surface area contributed by atoms with Crippen molar-refractivity contribution >= 4 is 5.91 Å². The van der Waals surface area contributed by atoms with Crippen LogP contribution < -0.4 is 11.1 Å². The summed E-state index contributed by atoms with van der Waals surface area (Å²) in [6, 6.07) is 17.5. The largest absolute Gasteiger partial charge is 0.363 e. The summed E-state index contributed by atoms with van der Waals surface area (Å²) in [5.74, 6) is -0.126. The van der Waals surface area contributed by atoms with Crippen molar-refractivity contribution in [1.29, 1.82) is 0 Å². The van der Waals surface area contributed by atoms with Gasteiger partial charge in [0.2, 0.25) is 0 Å². The molecule has 0 saturated heterocycles. The molecule has 0 unspecified atom stereocenters. The monoisotopic (exact) mass is 296 g/mol. The van der Waals surface area contributed by atoms with Gasteiger partial charge in [-0.1, -0.05) is 54.6 Å². The minimum absolute atomic E-state index is 0.126. The molecule has 1 amide bonds. The Labute approximate surface area is 130 Å². The van der Waals surface area contributed by atoms with Crippen molar-refractivity contribution in [1.82, 2.24) is 5.32 Å². The van der Waals surface area contributed by atoms with Crippen LogP contribution in [0.15, 0.2) is 54.6 Å². The Morgan fingerprint density at radius 2 is 1.91 bits per heavy atom. The highest BCUT2D eigenvalue weighted by atomic mass is 16.5. The first-order valence-corrected chi connectivity index (χ1v) is 7.53. The average molecular weight is 296 g/mol. The van der Waals surface area contributed by atoms with Crippen molar-refractivity contribution in [3.63, 3.8) is 0 Å². The van der Waals surface area contributed by atoms with E-state index in [9.17, 15) is 4.79 Å². The molecule has 0 radical (unpaired) electrons. The molecule has 4 nitrogen and oxygen atoms in total. The van der Waals surface area contributed by atoms with Crippen LogP contribution in [0.3, 0.4) is 0 Å². The number of fused-ring (bicyclic) bond motifs is 1. The maximum absolute atomic E-state index is 12.4. The molecule has 22 heavy (non-hydrogen) atoms. The SMILES string of the molecule is N[C@@H](CNC(=O)[C@@H]1OCCc2ccccc21)c1ccccc1. The van der Waals surface area contributed by atoms with E-state index < -0.39 is 6.10 Å². The molecular weight excluding hydrogens is 276 g/mol. The molecule has 0 fully saturated rings. The Morgan fingerprint density at radius 1 is 1.18 bits per heavy atom. The van der Waals surface area contributed by atoms with Crippen molar-refractivity contribution in [2.75, 3.05) is 13.2 Å². The Hall–Kier alpha value is -2.17. The number of ether oxygens (including phenoxy) is 1. The van der Waals surface area contributed by atoms with Crippen LogP contribution in [-0.2, 0) is 16.0 Å². The average Bonchev–Trinajstić information content (AvgIpc) is 2.59. The third-order valence-electron chi connectivity index (χ3n) is 3.96. The molecule has 2 aromatic rings. The number of rotatable bonds is 4. The smallest absolute Gasteiger partial charge is 0.253 e. The van der Waals surface area contributed by atoms with E-state index in [4.69, 9.17) is 10.5 Å². The van der Waals surface area contributed by atoms with E-state index >= 15 is 0 Å². The van der Waals surface area contributed by atoms with Crippen LogP contribution in [0.5, 0.6) is 0 Å². The molecule has 0 spiro atoms. The second-order valence-electron chi connectivity index (χ2n) is 5.46. The summed E-state index contributed by atoms with van der Waals surface area (Å²) in [5.41, 5.74) is 9.26. The summed E-state index contributed by atoms with van der Waals surface area (Å²) in [7, 11) is 0. The molecule has 0 saturated carbocycles. The highest BCUT2D eigenvalue weighted by Crippen LogP contribution is 2.27. The van der Waals surface area contributed by atoms with Gasteiger partial charge in [-0.25, -0.2) is 0 Å². The molecular formula is C18H20N2O2. The van der Waals surface area contributed by atoms with Gasteiger partial charge in [-0.05, 0) is 23.1 Å². The van der Waals surface area contributed by atoms with E-state index in [1.807, 2.05) is 54.6 Å². The third-order valence-corrected chi connectivity index (χ3v) is 3.96. The molecule has 0 aliphatic carbocycles. The first kappa shape index (κ1) is 14.8. The minimum atomic E-state index is -0.534. The maximum Gasteiger partial charge on any atom is 0.253 e. The van der Waals surface area contributed by atoms with Crippen molar-refractivity contribution in [3.05, 3.63) is 71.3 Å². The van der Waals surface area contributed by atoms with E-state index in [0.717, 1.165) is 17.5 Å². The standard InChI is InChI=1S/C18H20N2O2/c19-16(14-7-2-1-3-8-14)12-20-18(21)17-15-9-5-4-6-13(15)10-11-22-17/h1-9,16-17H,10-12,19H2,(H,20,21)/t16-,17+/m0/s1. The number of benzene rings is 2. The van der Waals surface area contributed by atoms with E-state index in [1.54, 1.807) is 0 Å². The van der Waals surface area contributed by atoms with E-state index in [2.05, 4.69) is 5.32 Å². The van der Waals surface area contributed by atoms with Crippen LogP contribution in [-0.4, -0.2) is 19.1 Å². The second-order valence-corrected chi connectivity index (χ2v) is 5.46. The van der Waals surface area contributed by atoms with Crippen LogP contribution >= 0.6 is 0 Å². The zero-order valence-electron chi connectivity index (χ0n) is 12.4. The van der Waals surface area contributed by atoms with Crippen LogP contribution in [0.4, 0.5) is 0 Å². The number of carbonyl (C=O) groups excluding carboxylic acids is 1. The quantitative estimate of drug-likeness (QED) is 0.908. The predicted octanol–water partition coefficient (Wildman–Crippen LogP) is 2.12. The third kappa shape index (κ3) is 3.18. The molecule has 2 aromatic carbocycles. The number of nitrogens with two attached hydrogens (primary N) is 1. The summed E-state index contributed by atoms with van der Waals surface area (Å²) in [5, 5.41) is 2.90. The summed E-state index contributed by atoms with van der Waals surface area (Å²) in [6.45, 7) is 0.963. The summed E-state index contributed by atoms with van der Waals surface area (Å²) >= 11 is 0. The fourth-order valence-electron chi connectivity index (χ4n) is 2.73. The topological polar surface area (TPSA) is 64.3 Å². The molecule has 0 aromatic heterocycles. The van der Waals surface area contributed by atoms with Crippen molar-refractivity contribution < 1.29 is 9.53 Å². The zero-order valence-corrected chi connectivity index (χ0v) is 12.4. The molecule has 2 atom stereocenters. The van der Waals surface area contributed by atoms with E-state index in [1.165, 1.54) is 5.56 Å². The van der Waals surface area contributed by atoms with Gasteiger partial charge in [0.1, 0.15) is 0 Å². The lowest BCUT2D eigenvalue weighted by Gasteiger charge is -2.25. The van der Waals surface area contributed by atoms with Crippen LogP contribution in [0.1, 0.15) is 28.8 Å². The number of nitrogens with one attached hydrogen (secondary N) is 1. The minimum Gasteiger partial charge on any atom is -0.363 e. The van der Waals surface area contributed by atoms with Gasteiger partial charge < -0.3 is 15.8 Å². The van der Waals surface area contributed by atoms with Crippen LogP contribution in [0, 0.1) is 0 Å². The van der Waals surface area contributed by atoms with Gasteiger partial charge in [0.15, 0.2) is 6.10 Å². The molecule has 114 valence electrons. The predicted molar refractivity (Wildman–Crippen MR) is 85.2 cm³/mol. The number of amides is 1. The normalized spacial score (nSPS) is 18.3. The van der Waals surface area contributed by atoms with Gasteiger partial charge in [-0.3, -0.25) is 4.79 Å². The highest BCUT2D eigenvalue weighted by Gasteiger charge is 2.27. The van der Waals surface area contributed by atoms with Gasteiger partial charge in [-0.2, -0.15) is 0 Å². The van der Waals surface area contributed by atoms with Gasteiger partial charge in [0, 0.05) is 12.6 Å². The second kappa shape index (κ2) is 6.73. The molecule has 1 aliphatic heterocycles. The van der Waals surface area contributed by atoms with Gasteiger partial charge in [0.25, 0.3) is 5.91 Å². The van der Waals surface area contributed by atoms with Crippen molar-refractivity contribution in [3.8, 4) is 0 Å². The summed E-state index contributed by atoms with van der Waals surface area (Å²) < 4.78 is 5.65. The highest BCUT2D eigenvalue weighted by molar-refractivity contribution is 5.82. The van der Waals surface area contributed by atoms with Gasteiger partial charge in [0.05, 0.1) is 6.61 Å². The van der Waals surface area contributed by atoms with E-state index in [0.29, 0.717) is 13.2 Å². The Kier molecular flexibility index (Phi) is 4.51.